The summed E-state index contributed by atoms with van der Waals surface area (Å²) < 4.78 is 6.64. The summed E-state index contributed by atoms with van der Waals surface area (Å²) in [5.41, 5.74) is 1.49. The molecule has 2 heterocycles. The fourth-order valence-corrected chi connectivity index (χ4v) is 1.73. The van der Waals surface area contributed by atoms with Crippen LogP contribution in [0.4, 0.5) is 0 Å². The van der Waals surface area contributed by atoms with E-state index in [0.717, 1.165) is 5.69 Å². The summed E-state index contributed by atoms with van der Waals surface area (Å²) >= 11 is 0. The van der Waals surface area contributed by atoms with Crippen molar-refractivity contribution in [3.05, 3.63) is 52.2 Å². The van der Waals surface area contributed by atoms with Crippen molar-refractivity contribution in [3.63, 3.8) is 0 Å². The topological polar surface area (TPSA) is 57.0 Å². The molecule has 5 nitrogen and oxygen atoms in total. The second-order valence-electron chi connectivity index (χ2n) is 3.95. The molecule has 2 aromatic rings. The monoisotopic (exact) mass is 245 g/mol. The normalized spacial score (nSPS) is 10.3. The van der Waals surface area contributed by atoms with E-state index < -0.39 is 0 Å². The smallest absolute Gasteiger partial charge is 0.299 e. The van der Waals surface area contributed by atoms with E-state index in [1.165, 1.54) is 17.7 Å². The second kappa shape index (κ2) is 5.44. The zero-order chi connectivity index (χ0) is 13.0. The third kappa shape index (κ3) is 2.74. The molecule has 18 heavy (non-hydrogen) atoms. The van der Waals surface area contributed by atoms with Gasteiger partial charge in [0.1, 0.15) is 0 Å². The van der Waals surface area contributed by atoms with Gasteiger partial charge in [0.15, 0.2) is 0 Å². The molecule has 94 valence electrons. The fourth-order valence-electron chi connectivity index (χ4n) is 1.73. The highest BCUT2D eigenvalue weighted by Crippen LogP contribution is 2.06. The highest BCUT2D eigenvalue weighted by molar-refractivity contribution is 5.08. The molecule has 5 heteroatoms. The largest absolute Gasteiger partial charge is 0.468 e. The molecule has 0 aliphatic heterocycles. The van der Waals surface area contributed by atoms with Crippen LogP contribution in [0, 0.1) is 6.92 Å². The molecule has 0 aliphatic rings. The van der Waals surface area contributed by atoms with Crippen LogP contribution < -0.4 is 10.3 Å². The fraction of sp³-hybridized carbons (Fsp3) is 0.308. The molecule has 0 spiro atoms. The van der Waals surface area contributed by atoms with Crippen molar-refractivity contribution in [2.24, 2.45) is 0 Å². The molecule has 0 radical (unpaired) electrons. The maximum Gasteiger partial charge on any atom is 0.299 e. The summed E-state index contributed by atoms with van der Waals surface area (Å²) in [7, 11) is 1.51. The van der Waals surface area contributed by atoms with Crippen molar-refractivity contribution in [1.82, 2.24) is 14.5 Å². The summed E-state index contributed by atoms with van der Waals surface area (Å²) in [6.07, 6.45) is 2.41. The van der Waals surface area contributed by atoms with Crippen LogP contribution in [0.2, 0.25) is 0 Å². The molecule has 0 bridgehead atoms. The van der Waals surface area contributed by atoms with E-state index in [-0.39, 0.29) is 5.56 Å². The Labute approximate surface area is 105 Å². The van der Waals surface area contributed by atoms with Crippen LogP contribution in [0.5, 0.6) is 6.01 Å². The zero-order valence-corrected chi connectivity index (χ0v) is 10.5. The average Bonchev–Trinajstić information content (AvgIpc) is 2.38. The van der Waals surface area contributed by atoms with Crippen LogP contribution in [0.1, 0.15) is 11.4 Å². The second-order valence-corrected chi connectivity index (χ2v) is 3.95. The summed E-state index contributed by atoms with van der Waals surface area (Å²) in [4.78, 5) is 20.3. The minimum absolute atomic E-state index is 0.102. The number of aromatic nitrogens is 3. The Bertz CT molecular complexity index is 579. The molecule has 0 atom stereocenters. The van der Waals surface area contributed by atoms with Gasteiger partial charge >= 0.3 is 0 Å². The molecule has 0 saturated carbocycles. The number of rotatable bonds is 4. The predicted molar refractivity (Wildman–Crippen MR) is 67.7 cm³/mol. The molecule has 2 aromatic heterocycles. The molecular weight excluding hydrogens is 230 g/mol. The van der Waals surface area contributed by atoms with Crippen molar-refractivity contribution in [3.8, 4) is 6.01 Å². The molecular formula is C13H15N3O2. The highest BCUT2D eigenvalue weighted by Gasteiger charge is 2.07. The average molecular weight is 245 g/mol. The maximum absolute atomic E-state index is 11.9. The first-order valence-corrected chi connectivity index (χ1v) is 5.73. The third-order valence-corrected chi connectivity index (χ3v) is 2.60. The first-order chi connectivity index (χ1) is 8.70. The van der Waals surface area contributed by atoms with Crippen molar-refractivity contribution in [2.45, 2.75) is 19.9 Å². The molecule has 0 aliphatic carbocycles. The molecule has 0 saturated heterocycles. The lowest BCUT2D eigenvalue weighted by Gasteiger charge is -2.10. The summed E-state index contributed by atoms with van der Waals surface area (Å²) in [5.74, 6) is 0. The van der Waals surface area contributed by atoms with E-state index in [9.17, 15) is 4.79 Å². The SMILES string of the molecule is COc1nc(C)cc(=O)n1CCc1ccccn1. The van der Waals surface area contributed by atoms with Gasteiger partial charge in [0, 0.05) is 36.6 Å². The summed E-state index contributed by atoms with van der Waals surface area (Å²) in [5, 5.41) is 0. The van der Waals surface area contributed by atoms with Gasteiger partial charge in [-0.15, -0.1) is 0 Å². The standard InChI is InChI=1S/C13H15N3O2/c1-10-9-12(17)16(13(15-10)18-2)8-6-11-5-3-4-7-14-11/h3-5,7,9H,6,8H2,1-2H3. The van der Waals surface area contributed by atoms with Crippen LogP contribution in [0.3, 0.4) is 0 Å². The molecule has 0 fully saturated rings. The number of aryl methyl sites for hydroxylation is 2. The first kappa shape index (κ1) is 12.3. The lowest BCUT2D eigenvalue weighted by atomic mass is 10.2. The maximum atomic E-state index is 11.9. The van der Waals surface area contributed by atoms with Gasteiger partial charge in [-0.25, -0.2) is 4.98 Å². The summed E-state index contributed by atoms with van der Waals surface area (Å²) in [6, 6.07) is 7.57. The van der Waals surface area contributed by atoms with Crippen molar-refractivity contribution in [2.75, 3.05) is 7.11 Å². The Morgan fingerprint density at radius 1 is 1.39 bits per heavy atom. The van der Waals surface area contributed by atoms with Crippen molar-refractivity contribution in [1.29, 1.82) is 0 Å². The van der Waals surface area contributed by atoms with Crippen molar-refractivity contribution >= 4 is 0 Å². The van der Waals surface area contributed by atoms with Crippen LogP contribution in [-0.2, 0) is 13.0 Å². The number of hydrogen-bond donors (Lipinski definition) is 0. The van der Waals surface area contributed by atoms with E-state index in [1.54, 1.807) is 13.1 Å². The molecule has 0 aromatic carbocycles. The van der Waals surface area contributed by atoms with Crippen LogP contribution in [0.15, 0.2) is 35.3 Å². The number of nitrogens with zero attached hydrogens (tertiary/aromatic N) is 3. The van der Waals surface area contributed by atoms with Gasteiger partial charge in [0.2, 0.25) is 0 Å². The zero-order valence-electron chi connectivity index (χ0n) is 10.5. The van der Waals surface area contributed by atoms with Gasteiger partial charge in [-0.3, -0.25) is 14.3 Å². The van der Waals surface area contributed by atoms with Crippen LogP contribution in [-0.4, -0.2) is 21.6 Å². The molecule has 0 amide bonds. The van der Waals surface area contributed by atoms with Gasteiger partial charge in [0.25, 0.3) is 11.6 Å². The Hall–Kier alpha value is -2.17. The first-order valence-electron chi connectivity index (χ1n) is 5.73. The Balaban J connectivity index is 2.22. The van der Waals surface area contributed by atoms with Gasteiger partial charge in [-0.1, -0.05) is 6.07 Å². The lowest BCUT2D eigenvalue weighted by Crippen LogP contribution is -2.23. The number of ether oxygens (including phenoxy) is 1. The Morgan fingerprint density at radius 3 is 2.89 bits per heavy atom. The predicted octanol–water partition coefficient (Wildman–Crippen LogP) is 1.20. The van der Waals surface area contributed by atoms with E-state index in [0.29, 0.717) is 24.7 Å². The van der Waals surface area contributed by atoms with E-state index in [4.69, 9.17) is 4.74 Å². The minimum Gasteiger partial charge on any atom is -0.468 e. The van der Waals surface area contributed by atoms with E-state index in [1.807, 2.05) is 18.2 Å². The summed E-state index contributed by atoms with van der Waals surface area (Å²) in [6.45, 7) is 2.28. The van der Waals surface area contributed by atoms with E-state index >= 15 is 0 Å². The van der Waals surface area contributed by atoms with Gasteiger partial charge in [0.05, 0.1) is 7.11 Å². The lowest BCUT2D eigenvalue weighted by molar-refractivity contribution is 0.344. The quantitative estimate of drug-likeness (QED) is 0.812. The molecule has 2 rings (SSSR count). The van der Waals surface area contributed by atoms with Gasteiger partial charge < -0.3 is 4.74 Å². The third-order valence-electron chi connectivity index (χ3n) is 2.60. The highest BCUT2D eigenvalue weighted by atomic mass is 16.5. The molecule has 0 N–H and O–H groups in total. The van der Waals surface area contributed by atoms with Crippen LogP contribution in [0.25, 0.3) is 0 Å². The van der Waals surface area contributed by atoms with Gasteiger partial charge in [-0.2, -0.15) is 0 Å². The molecule has 0 unspecified atom stereocenters. The number of hydrogen-bond acceptors (Lipinski definition) is 4. The van der Waals surface area contributed by atoms with Crippen LogP contribution >= 0.6 is 0 Å². The van der Waals surface area contributed by atoms with Gasteiger partial charge in [-0.05, 0) is 19.1 Å². The minimum atomic E-state index is -0.102. The number of pyridine rings is 1. The Morgan fingerprint density at radius 2 is 2.22 bits per heavy atom. The van der Waals surface area contributed by atoms with E-state index in [2.05, 4.69) is 9.97 Å². The number of methoxy groups -OCH3 is 1. The Kier molecular flexibility index (Phi) is 3.72. The van der Waals surface area contributed by atoms with Crippen molar-refractivity contribution < 1.29 is 4.74 Å².